The molecule has 5 aliphatic rings. The van der Waals surface area contributed by atoms with Gasteiger partial charge in [-0.25, -0.2) is 0 Å². The second-order valence-corrected chi connectivity index (χ2v) is 13.9. The van der Waals surface area contributed by atoms with Crippen LogP contribution in [0.1, 0.15) is 111 Å². The first-order valence-electron chi connectivity index (χ1n) is 14.4. The minimum absolute atomic E-state index is 0.0115. The monoisotopic (exact) mass is 484 g/mol. The van der Waals surface area contributed by atoms with Crippen LogP contribution in [0.25, 0.3) is 0 Å². The molecule has 0 spiro atoms. The molecule has 0 radical (unpaired) electrons. The van der Waals surface area contributed by atoms with Gasteiger partial charge in [-0.15, -0.1) is 0 Å². The van der Waals surface area contributed by atoms with E-state index in [-0.39, 0.29) is 30.3 Å². The van der Waals surface area contributed by atoms with E-state index >= 15 is 0 Å². The number of aliphatic hydroxyl groups excluding tert-OH is 1. The van der Waals surface area contributed by atoms with Gasteiger partial charge in [0, 0.05) is 0 Å². The molecular formula is C29H47F3O2. The zero-order chi connectivity index (χ0) is 24.5. The smallest absolute Gasteiger partial charge is 0.393 e. The Kier molecular flexibility index (Phi) is 6.44. The molecule has 10 atom stereocenters. The Bertz CT molecular complexity index is 750. The van der Waals surface area contributed by atoms with E-state index in [9.17, 15) is 23.4 Å². The molecule has 0 aromatic rings. The Labute approximate surface area is 204 Å². The predicted molar refractivity (Wildman–Crippen MR) is 128 cm³/mol. The van der Waals surface area contributed by atoms with Crippen LogP contribution in [0, 0.1) is 52.3 Å². The van der Waals surface area contributed by atoms with Gasteiger partial charge in [-0.1, -0.05) is 27.2 Å². The molecule has 0 heterocycles. The maximum absolute atomic E-state index is 13.6. The molecule has 0 aromatic carbocycles. The molecular weight excluding hydrogens is 437 g/mol. The summed E-state index contributed by atoms with van der Waals surface area (Å²) >= 11 is 0. The van der Waals surface area contributed by atoms with E-state index in [0.29, 0.717) is 47.3 Å². The van der Waals surface area contributed by atoms with Crippen molar-refractivity contribution in [1.29, 1.82) is 0 Å². The largest absolute Gasteiger partial charge is 0.417 e. The minimum atomic E-state index is -4.52. The Balaban J connectivity index is 1.26. The maximum Gasteiger partial charge on any atom is 0.417 e. The lowest BCUT2D eigenvalue weighted by Crippen LogP contribution is -2.59. The molecule has 0 aliphatic heterocycles. The van der Waals surface area contributed by atoms with Crippen molar-refractivity contribution in [1.82, 2.24) is 0 Å². The first-order valence-corrected chi connectivity index (χ1v) is 14.4. The molecule has 5 heteroatoms. The third kappa shape index (κ3) is 3.89. The van der Waals surface area contributed by atoms with Gasteiger partial charge in [-0.3, -0.25) is 0 Å². The van der Waals surface area contributed by atoms with Crippen molar-refractivity contribution in [3.8, 4) is 0 Å². The van der Waals surface area contributed by atoms with Crippen LogP contribution < -0.4 is 0 Å². The normalized spacial score (nSPS) is 48.9. The van der Waals surface area contributed by atoms with Gasteiger partial charge in [0.2, 0.25) is 0 Å². The third-order valence-corrected chi connectivity index (χ3v) is 12.6. The van der Waals surface area contributed by atoms with E-state index in [1.54, 1.807) is 0 Å². The molecule has 0 saturated heterocycles. The summed E-state index contributed by atoms with van der Waals surface area (Å²) in [6, 6.07) is 0. The zero-order valence-corrected chi connectivity index (χ0v) is 21.5. The number of aliphatic hydroxyl groups is 2. The molecule has 5 saturated carbocycles. The van der Waals surface area contributed by atoms with Crippen LogP contribution in [0.4, 0.5) is 13.2 Å². The summed E-state index contributed by atoms with van der Waals surface area (Å²) in [6.45, 7) is 7.21. The summed E-state index contributed by atoms with van der Waals surface area (Å²) in [4.78, 5) is 0. The van der Waals surface area contributed by atoms with Gasteiger partial charge in [0.15, 0.2) is 5.60 Å². The lowest BCUT2D eigenvalue weighted by atomic mass is 9.43. The molecule has 0 bridgehead atoms. The topological polar surface area (TPSA) is 40.5 Å². The van der Waals surface area contributed by atoms with Crippen LogP contribution in [-0.2, 0) is 0 Å². The number of alkyl halides is 3. The average molecular weight is 485 g/mol. The van der Waals surface area contributed by atoms with Crippen molar-refractivity contribution in [3.05, 3.63) is 0 Å². The summed E-state index contributed by atoms with van der Waals surface area (Å²) in [7, 11) is 0. The van der Waals surface area contributed by atoms with E-state index in [4.69, 9.17) is 0 Å². The Morgan fingerprint density at radius 2 is 1.56 bits per heavy atom. The van der Waals surface area contributed by atoms with E-state index < -0.39 is 11.8 Å². The highest BCUT2D eigenvalue weighted by molar-refractivity contribution is 5.11. The van der Waals surface area contributed by atoms with Gasteiger partial charge in [0.05, 0.1) is 6.10 Å². The number of hydrogen-bond acceptors (Lipinski definition) is 2. The Hall–Kier alpha value is -0.290. The SMILES string of the molecule is C[C@@H](CC[C@@H](O)C1CCC1)[C@@H]1CC[C@H]2[C@@H]3CC[C@H]4C[C@](O)(C(F)(F)F)CC[C@]4(C)[C@H]3CC[C@@]21C. The third-order valence-electron chi connectivity index (χ3n) is 12.6. The van der Waals surface area contributed by atoms with Crippen LogP contribution in [0.3, 0.4) is 0 Å². The quantitative estimate of drug-likeness (QED) is 0.424. The number of halogens is 3. The van der Waals surface area contributed by atoms with Gasteiger partial charge in [-0.05, 0) is 136 Å². The van der Waals surface area contributed by atoms with E-state index in [2.05, 4.69) is 20.8 Å². The average Bonchev–Trinajstić information content (AvgIpc) is 3.08. The van der Waals surface area contributed by atoms with Gasteiger partial charge in [0.25, 0.3) is 0 Å². The van der Waals surface area contributed by atoms with Gasteiger partial charge >= 0.3 is 6.18 Å². The summed E-state index contributed by atoms with van der Waals surface area (Å²) in [5.74, 6) is 3.70. The minimum Gasteiger partial charge on any atom is -0.393 e. The molecule has 2 nitrogen and oxygen atoms in total. The molecule has 0 amide bonds. The van der Waals surface area contributed by atoms with Crippen molar-refractivity contribution in [2.24, 2.45) is 52.3 Å². The van der Waals surface area contributed by atoms with E-state index in [0.717, 1.165) is 32.1 Å². The molecule has 5 fully saturated rings. The lowest BCUT2D eigenvalue weighted by Gasteiger charge is -2.62. The zero-order valence-electron chi connectivity index (χ0n) is 21.5. The second kappa shape index (κ2) is 8.64. The molecule has 196 valence electrons. The molecule has 0 unspecified atom stereocenters. The fourth-order valence-corrected chi connectivity index (χ4v) is 10.2. The first-order chi connectivity index (χ1) is 15.9. The molecule has 34 heavy (non-hydrogen) atoms. The fraction of sp³-hybridized carbons (Fsp3) is 1.00. The van der Waals surface area contributed by atoms with E-state index in [1.165, 1.54) is 38.5 Å². The highest BCUT2D eigenvalue weighted by Gasteiger charge is 2.65. The van der Waals surface area contributed by atoms with Crippen LogP contribution in [0.5, 0.6) is 0 Å². The number of hydrogen-bond donors (Lipinski definition) is 2. The van der Waals surface area contributed by atoms with Crippen molar-refractivity contribution in [3.63, 3.8) is 0 Å². The van der Waals surface area contributed by atoms with Crippen molar-refractivity contribution in [2.45, 2.75) is 129 Å². The number of rotatable bonds is 5. The predicted octanol–water partition coefficient (Wildman–Crippen LogP) is 7.52. The van der Waals surface area contributed by atoms with Crippen molar-refractivity contribution in [2.75, 3.05) is 0 Å². The van der Waals surface area contributed by atoms with E-state index in [1.807, 2.05) is 0 Å². The standard InChI is InChI=1S/C29H47F3O2/c1-18(7-12-25(33)19-5-4-6-19)22-10-11-23-21-9-8-20-17-28(34,29(30,31)32)16-15-26(20,2)24(21)13-14-27(22,23)3/h18-25,33-34H,4-17H2,1-3H3/t18-,20-,21-,22-,23-,24-,25+,26-,27+,28-/m0/s1. The molecule has 5 aliphatic carbocycles. The van der Waals surface area contributed by atoms with Crippen molar-refractivity contribution >= 4 is 0 Å². The van der Waals surface area contributed by atoms with Crippen LogP contribution in [-0.4, -0.2) is 28.1 Å². The second-order valence-electron chi connectivity index (χ2n) is 13.9. The van der Waals surface area contributed by atoms with Crippen molar-refractivity contribution < 1.29 is 23.4 Å². The van der Waals surface area contributed by atoms with Crippen LogP contribution in [0.15, 0.2) is 0 Å². The fourth-order valence-electron chi connectivity index (χ4n) is 10.2. The molecule has 0 aromatic heterocycles. The summed E-state index contributed by atoms with van der Waals surface area (Å²) < 4.78 is 40.8. The van der Waals surface area contributed by atoms with Crippen LogP contribution in [0.2, 0.25) is 0 Å². The molecule has 5 rings (SSSR count). The summed E-state index contributed by atoms with van der Waals surface area (Å²) in [5, 5.41) is 21.0. The number of fused-ring (bicyclic) bond motifs is 5. The highest BCUT2D eigenvalue weighted by atomic mass is 19.4. The summed E-state index contributed by atoms with van der Waals surface area (Å²) in [5.41, 5.74) is -2.20. The lowest BCUT2D eigenvalue weighted by molar-refractivity contribution is -0.290. The maximum atomic E-state index is 13.6. The Morgan fingerprint density at radius 1 is 0.853 bits per heavy atom. The van der Waals surface area contributed by atoms with Gasteiger partial charge in [0.1, 0.15) is 0 Å². The highest BCUT2D eigenvalue weighted by Crippen LogP contribution is 2.69. The van der Waals surface area contributed by atoms with Gasteiger partial charge in [-0.2, -0.15) is 13.2 Å². The van der Waals surface area contributed by atoms with Crippen LogP contribution >= 0.6 is 0 Å². The summed E-state index contributed by atoms with van der Waals surface area (Å²) in [6.07, 6.45) is 8.16. The molecule has 2 N–H and O–H groups in total. The Morgan fingerprint density at radius 3 is 2.21 bits per heavy atom. The van der Waals surface area contributed by atoms with Gasteiger partial charge < -0.3 is 10.2 Å². The first kappa shape index (κ1) is 25.4.